The van der Waals surface area contributed by atoms with Gasteiger partial charge in [-0.2, -0.15) is 5.10 Å². The number of H-pyrrole nitrogens is 1. The Kier molecular flexibility index (Phi) is 3.68. The minimum Gasteiger partial charge on any atom is -0.454 e. The Bertz CT molecular complexity index is 672. The van der Waals surface area contributed by atoms with Crippen LogP contribution in [0.2, 0.25) is 10.0 Å². The van der Waals surface area contributed by atoms with E-state index in [2.05, 4.69) is 10.2 Å². The lowest BCUT2D eigenvalue weighted by Crippen LogP contribution is -2.19. The Morgan fingerprint density at radius 1 is 1.38 bits per heavy atom. The Labute approximate surface area is 132 Å². The van der Waals surface area contributed by atoms with Crippen molar-refractivity contribution in [2.45, 2.75) is 31.8 Å². The maximum atomic E-state index is 12.4. The summed E-state index contributed by atoms with van der Waals surface area (Å²) >= 11 is 12.4. The van der Waals surface area contributed by atoms with Crippen molar-refractivity contribution >= 4 is 29.2 Å². The molecule has 1 N–H and O–H groups in total. The zero-order valence-electron chi connectivity index (χ0n) is 11.5. The lowest BCUT2D eigenvalue weighted by Gasteiger charge is -2.14. The van der Waals surface area contributed by atoms with Crippen LogP contribution in [0.25, 0.3) is 11.1 Å². The topological polar surface area (TPSA) is 55.0 Å². The number of carbonyl (C=O) groups is 1. The van der Waals surface area contributed by atoms with E-state index in [9.17, 15) is 4.79 Å². The molecule has 0 atom stereocenters. The van der Waals surface area contributed by atoms with Crippen molar-refractivity contribution < 1.29 is 9.53 Å². The summed E-state index contributed by atoms with van der Waals surface area (Å²) in [6, 6.07) is 5.20. The zero-order valence-corrected chi connectivity index (χ0v) is 13.0. The van der Waals surface area contributed by atoms with Crippen LogP contribution in [-0.4, -0.2) is 21.8 Å². The number of aromatic amines is 1. The first kappa shape index (κ1) is 14.4. The smallest absolute Gasteiger partial charge is 0.357 e. The lowest BCUT2D eigenvalue weighted by atomic mass is 10.1. The zero-order chi connectivity index (χ0) is 15.0. The van der Waals surface area contributed by atoms with Gasteiger partial charge in [0, 0.05) is 11.1 Å². The molecule has 0 spiro atoms. The molecule has 0 radical (unpaired) electrons. The predicted molar refractivity (Wildman–Crippen MR) is 81.7 cm³/mol. The van der Waals surface area contributed by atoms with Crippen molar-refractivity contribution in [3.05, 3.63) is 40.1 Å². The van der Waals surface area contributed by atoms with E-state index in [-0.39, 0.29) is 11.3 Å². The van der Waals surface area contributed by atoms with Crippen molar-refractivity contribution in [1.82, 2.24) is 10.2 Å². The minimum atomic E-state index is -0.419. The molecule has 0 unspecified atom stereocenters. The van der Waals surface area contributed by atoms with Crippen LogP contribution in [0.1, 0.15) is 36.7 Å². The molecule has 3 rings (SSSR count). The molecule has 1 aromatic carbocycles. The normalized spacial score (nSPS) is 15.8. The number of aromatic nitrogens is 2. The largest absolute Gasteiger partial charge is 0.454 e. The van der Waals surface area contributed by atoms with E-state index in [1.807, 2.05) is 6.92 Å². The lowest BCUT2D eigenvalue weighted by molar-refractivity contribution is 0.0210. The highest BCUT2D eigenvalue weighted by atomic mass is 35.5. The maximum absolute atomic E-state index is 12.4. The molecule has 1 aromatic heterocycles. The monoisotopic (exact) mass is 324 g/mol. The molecule has 1 aliphatic rings. The summed E-state index contributed by atoms with van der Waals surface area (Å²) in [5.74, 6) is -0.419. The molecule has 1 fully saturated rings. The Hall–Kier alpha value is -1.52. The second-order valence-corrected chi connectivity index (χ2v) is 6.00. The van der Waals surface area contributed by atoms with Crippen LogP contribution < -0.4 is 0 Å². The quantitative estimate of drug-likeness (QED) is 0.843. The fourth-order valence-corrected chi connectivity index (χ4v) is 2.90. The number of esters is 1. The van der Waals surface area contributed by atoms with Crippen molar-refractivity contribution in [3.63, 3.8) is 0 Å². The number of rotatable bonds is 4. The molecule has 21 heavy (non-hydrogen) atoms. The van der Waals surface area contributed by atoms with Crippen LogP contribution in [0, 0.1) is 0 Å². The van der Waals surface area contributed by atoms with Gasteiger partial charge in [0.15, 0.2) is 5.69 Å². The summed E-state index contributed by atoms with van der Waals surface area (Å²) in [4.78, 5) is 12.4. The third kappa shape index (κ3) is 2.65. The van der Waals surface area contributed by atoms with E-state index in [1.54, 1.807) is 18.2 Å². The summed E-state index contributed by atoms with van der Waals surface area (Å²) in [5.41, 5.74) is 1.12. The minimum absolute atomic E-state index is 0.282. The number of halogens is 2. The maximum Gasteiger partial charge on any atom is 0.357 e. The number of carbonyl (C=O) groups excluding carboxylic acids is 1. The fraction of sp³-hybridized carbons (Fsp3) is 0.333. The van der Waals surface area contributed by atoms with Gasteiger partial charge in [0.25, 0.3) is 0 Å². The van der Waals surface area contributed by atoms with Crippen LogP contribution in [0.15, 0.2) is 24.4 Å². The van der Waals surface area contributed by atoms with Crippen LogP contribution >= 0.6 is 23.2 Å². The first-order valence-corrected chi connectivity index (χ1v) is 7.53. The molecule has 1 heterocycles. The number of hydrogen-bond donors (Lipinski definition) is 1. The van der Waals surface area contributed by atoms with Gasteiger partial charge in [-0.25, -0.2) is 4.79 Å². The molecule has 0 saturated heterocycles. The highest BCUT2D eigenvalue weighted by molar-refractivity contribution is 6.39. The number of nitrogens with zero attached hydrogens (tertiary/aromatic N) is 1. The second kappa shape index (κ2) is 5.35. The highest BCUT2D eigenvalue weighted by Crippen LogP contribution is 2.43. The average Bonchev–Trinajstić information content (AvgIpc) is 3.06. The molecule has 4 nitrogen and oxygen atoms in total. The van der Waals surface area contributed by atoms with Gasteiger partial charge in [-0.3, -0.25) is 5.10 Å². The van der Waals surface area contributed by atoms with Crippen LogP contribution in [0.4, 0.5) is 0 Å². The van der Waals surface area contributed by atoms with Gasteiger partial charge in [0.05, 0.1) is 16.2 Å². The van der Waals surface area contributed by atoms with Gasteiger partial charge in [-0.05, 0) is 31.4 Å². The van der Waals surface area contributed by atoms with Gasteiger partial charge in [0.2, 0.25) is 0 Å². The van der Waals surface area contributed by atoms with Gasteiger partial charge in [-0.1, -0.05) is 36.2 Å². The molecular formula is C15H14Cl2N2O2. The number of benzene rings is 1. The van der Waals surface area contributed by atoms with Gasteiger partial charge in [0.1, 0.15) is 5.60 Å². The molecule has 110 valence electrons. The van der Waals surface area contributed by atoms with Crippen molar-refractivity contribution in [3.8, 4) is 11.1 Å². The third-order valence-electron chi connectivity index (χ3n) is 3.84. The number of hydrogen-bond acceptors (Lipinski definition) is 3. The Morgan fingerprint density at radius 3 is 2.62 bits per heavy atom. The molecule has 1 saturated carbocycles. The third-order valence-corrected chi connectivity index (χ3v) is 4.47. The molecule has 1 aliphatic carbocycles. The second-order valence-electron chi connectivity index (χ2n) is 5.18. The summed E-state index contributed by atoms with van der Waals surface area (Å²) in [6.45, 7) is 2.01. The molecule has 0 amide bonds. The molecule has 2 aromatic rings. The molecule has 0 aliphatic heterocycles. The van der Waals surface area contributed by atoms with E-state index in [1.165, 1.54) is 6.20 Å². The predicted octanol–water partition coefficient (Wildman–Crippen LogP) is 4.48. The van der Waals surface area contributed by atoms with Crippen molar-refractivity contribution in [2.24, 2.45) is 0 Å². The standard InChI is InChI=1S/C15H14Cl2N2O2/c1-2-15(6-7-15)21-14(20)13-9(8-18-19-13)12-10(16)4-3-5-11(12)17/h3-5,8H,2,6-7H2,1H3,(H,18,19). The molecular weight excluding hydrogens is 311 g/mol. The summed E-state index contributed by atoms with van der Waals surface area (Å²) in [6.07, 6.45) is 4.17. The first-order valence-electron chi connectivity index (χ1n) is 6.77. The van der Waals surface area contributed by atoms with Gasteiger partial charge in [-0.15, -0.1) is 0 Å². The Morgan fingerprint density at radius 2 is 2.05 bits per heavy atom. The van der Waals surface area contributed by atoms with Gasteiger partial charge >= 0.3 is 5.97 Å². The molecule has 6 heteroatoms. The number of nitrogens with one attached hydrogen (secondary N) is 1. The van der Waals surface area contributed by atoms with E-state index in [0.717, 1.165) is 19.3 Å². The van der Waals surface area contributed by atoms with Crippen molar-refractivity contribution in [2.75, 3.05) is 0 Å². The summed E-state index contributed by atoms with van der Waals surface area (Å²) in [7, 11) is 0. The first-order chi connectivity index (χ1) is 10.1. The van der Waals surface area contributed by atoms with E-state index in [4.69, 9.17) is 27.9 Å². The van der Waals surface area contributed by atoms with E-state index >= 15 is 0 Å². The van der Waals surface area contributed by atoms with Crippen LogP contribution in [-0.2, 0) is 4.74 Å². The van der Waals surface area contributed by atoms with Crippen LogP contribution in [0.3, 0.4) is 0 Å². The fourth-order valence-electron chi connectivity index (χ4n) is 2.30. The number of ether oxygens (including phenoxy) is 1. The summed E-state index contributed by atoms with van der Waals surface area (Å²) in [5, 5.41) is 7.56. The van der Waals surface area contributed by atoms with E-state index in [0.29, 0.717) is 21.2 Å². The SMILES string of the molecule is CCC1(OC(=O)c2[nH]ncc2-c2c(Cl)cccc2Cl)CC1. The Balaban J connectivity index is 1.96. The van der Waals surface area contributed by atoms with Crippen LogP contribution in [0.5, 0.6) is 0 Å². The summed E-state index contributed by atoms with van der Waals surface area (Å²) < 4.78 is 5.59. The highest BCUT2D eigenvalue weighted by Gasteiger charge is 2.45. The van der Waals surface area contributed by atoms with Gasteiger partial charge < -0.3 is 4.74 Å². The molecule has 0 bridgehead atoms. The van der Waals surface area contributed by atoms with Crippen molar-refractivity contribution in [1.29, 1.82) is 0 Å². The van der Waals surface area contributed by atoms with E-state index < -0.39 is 5.97 Å². The average molecular weight is 325 g/mol.